The van der Waals surface area contributed by atoms with Gasteiger partial charge < -0.3 is 15.6 Å². The third kappa shape index (κ3) is 4.03. The summed E-state index contributed by atoms with van der Waals surface area (Å²) >= 11 is 3.46. The van der Waals surface area contributed by atoms with Crippen LogP contribution < -0.4 is 10.5 Å². The lowest BCUT2D eigenvalue weighted by Gasteiger charge is -2.23. The summed E-state index contributed by atoms with van der Waals surface area (Å²) < 4.78 is 6.83. The molecule has 24 heavy (non-hydrogen) atoms. The number of carboxylic acid groups (broad SMARTS) is 1. The summed E-state index contributed by atoms with van der Waals surface area (Å²) in [5, 5.41) is 9.37. The lowest BCUT2D eigenvalue weighted by Crippen LogP contribution is -2.16. The van der Waals surface area contributed by atoms with Crippen LogP contribution in [-0.2, 0) is 12.0 Å². The Morgan fingerprint density at radius 2 is 2.00 bits per heavy atom. The normalized spacial score (nSPS) is 11.4. The number of rotatable bonds is 4. The van der Waals surface area contributed by atoms with Gasteiger partial charge >= 0.3 is 5.97 Å². The van der Waals surface area contributed by atoms with Gasteiger partial charge in [-0.1, -0.05) is 36.7 Å². The number of benzene rings is 1. The Morgan fingerprint density at radius 3 is 2.58 bits per heavy atom. The molecule has 0 atom stereocenters. The van der Waals surface area contributed by atoms with Gasteiger partial charge in [-0.15, -0.1) is 0 Å². The number of aryl methyl sites for hydroxylation is 1. The van der Waals surface area contributed by atoms with Crippen LogP contribution in [0, 0.1) is 6.92 Å². The van der Waals surface area contributed by atoms with Crippen molar-refractivity contribution in [2.75, 3.05) is 5.73 Å². The fourth-order valence-corrected chi connectivity index (χ4v) is 2.76. The molecule has 7 heteroatoms. The summed E-state index contributed by atoms with van der Waals surface area (Å²) in [6.45, 7) is 7.83. The van der Waals surface area contributed by atoms with E-state index in [9.17, 15) is 9.90 Å². The molecule has 0 aliphatic heterocycles. The minimum Gasteiger partial charge on any atom is -0.487 e. The topological polar surface area (TPSA) is 98.3 Å². The molecule has 6 nitrogen and oxygen atoms in total. The van der Waals surface area contributed by atoms with Gasteiger partial charge in [0.2, 0.25) is 5.95 Å². The van der Waals surface area contributed by atoms with Gasteiger partial charge in [0, 0.05) is 10.0 Å². The van der Waals surface area contributed by atoms with Crippen LogP contribution in [0.3, 0.4) is 0 Å². The maximum atomic E-state index is 11.5. The predicted molar refractivity (Wildman–Crippen MR) is 95.3 cm³/mol. The number of aromatic carboxylic acids is 1. The number of nitrogens with two attached hydrogens (primary N) is 1. The molecule has 0 aliphatic carbocycles. The molecule has 0 saturated carbocycles. The number of hydrogen-bond donors (Lipinski definition) is 2. The molecule has 0 aliphatic rings. The number of nitrogen functional groups attached to an aromatic ring is 1. The summed E-state index contributed by atoms with van der Waals surface area (Å²) in [6, 6.07) is 5.72. The summed E-state index contributed by atoms with van der Waals surface area (Å²) in [4.78, 5) is 19.4. The van der Waals surface area contributed by atoms with Gasteiger partial charge in [0.15, 0.2) is 0 Å². The van der Waals surface area contributed by atoms with Gasteiger partial charge in [0.05, 0.1) is 11.4 Å². The summed E-state index contributed by atoms with van der Waals surface area (Å²) in [5.41, 5.74) is 7.12. The Bertz CT molecular complexity index is 785. The Kier molecular flexibility index (Phi) is 5.13. The standard InChI is InChI=1S/C17H20BrN3O3/c1-9-14(15(22)23)12(21-16(19)20-9)8-24-13-6-5-10(18)7-11(13)17(2,3)4/h5-7H,8H2,1-4H3,(H,22,23)(H2,19,20,21). The number of hydrogen-bond acceptors (Lipinski definition) is 5. The molecular formula is C17H20BrN3O3. The maximum absolute atomic E-state index is 11.5. The van der Waals surface area contributed by atoms with E-state index in [0.29, 0.717) is 11.4 Å². The van der Waals surface area contributed by atoms with Crippen LogP contribution in [-0.4, -0.2) is 21.0 Å². The lowest BCUT2D eigenvalue weighted by atomic mass is 9.86. The molecule has 0 saturated heterocycles. The van der Waals surface area contributed by atoms with E-state index < -0.39 is 5.97 Å². The Morgan fingerprint density at radius 1 is 1.33 bits per heavy atom. The molecule has 3 N–H and O–H groups in total. The second-order valence-electron chi connectivity index (χ2n) is 6.47. The average Bonchev–Trinajstić information content (AvgIpc) is 2.43. The minimum atomic E-state index is -1.10. The molecule has 0 unspecified atom stereocenters. The molecule has 1 aromatic heterocycles. The molecule has 1 aromatic carbocycles. The molecule has 0 spiro atoms. The summed E-state index contributed by atoms with van der Waals surface area (Å²) in [7, 11) is 0. The summed E-state index contributed by atoms with van der Waals surface area (Å²) in [5.74, 6) is -0.391. The quantitative estimate of drug-likeness (QED) is 0.821. The number of carbonyl (C=O) groups is 1. The Labute approximate surface area is 149 Å². The van der Waals surface area contributed by atoms with E-state index in [1.807, 2.05) is 18.2 Å². The van der Waals surface area contributed by atoms with Gasteiger partial charge in [0.25, 0.3) is 0 Å². The van der Waals surface area contributed by atoms with Crippen molar-refractivity contribution in [1.82, 2.24) is 9.97 Å². The average molecular weight is 394 g/mol. The number of anilines is 1. The van der Waals surface area contributed by atoms with Crippen LogP contribution in [0.2, 0.25) is 0 Å². The largest absolute Gasteiger partial charge is 0.487 e. The third-order valence-electron chi connectivity index (χ3n) is 3.51. The first-order valence-corrected chi connectivity index (χ1v) is 8.18. The molecule has 0 radical (unpaired) electrons. The van der Waals surface area contributed by atoms with Crippen molar-refractivity contribution in [3.05, 3.63) is 45.2 Å². The first kappa shape index (κ1) is 18.2. The van der Waals surface area contributed by atoms with Crippen LogP contribution in [0.1, 0.15) is 48.1 Å². The second-order valence-corrected chi connectivity index (χ2v) is 7.39. The second kappa shape index (κ2) is 6.76. The van der Waals surface area contributed by atoms with Crippen molar-refractivity contribution in [2.24, 2.45) is 0 Å². The molecular weight excluding hydrogens is 374 g/mol. The van der Waals surface area contributed by atoms with Gasteiger partial charge in [-0.25, -0.2) is 14.8 Å². The van der Waals surface area contributed by atoms with Crippen molar-refractivity contribution in [1.29, 1.82) is 0 Å². The van der Waals surface area contributed by atoms with Crippen LogP contribution in [0.15, 0.2) is 22.7 Å². The Hall–Kier alpha value is -2.15. The molecule has 0 fully saturated rings. The highest BCUT2D eigenvalue weighted by atomic mass is 79.9. The molecule has 0 amide bonds. The van der Waals surface area contributed by atoms with E-state index >= 15 is 0 Å². The zero-order valence-corrected chi connectivity index (χ0v) is 15.6. The number of aromatic nitrogens is 2. The first-order chi connectivity index (χ1) is 11.1. The molecule has 2 rings (SSSR count). The first-order valence-electron chi connectivity index (χ1n) is 7.38. The van der Waals surface area contributed by atoms with Crippen molar-refractivity contribution < 1.29 is 14.6 Å². The highest BCUT2D eigenvalue weighted by molar-refractivity contribution is 9.10. The van der Waals surface area contributed by atoms with Crippen molar-refractivity contribution in [3.8, 4) is 5.75 Å². The zero-order chi connectivity index (χ0) is 18.1. The van der Waals surface area contributed by atoms with E-state index in [1.165, 1.54) is 0 Å². The lowest BCUT2D eigenvalue weighted by molar-refractivity contribution is 0.0691. The number of nitrogens with zero attached hydrogens (tertiary/aromatic N) is 2. The van der Waals surface area contributed by atoms with E-state index in [-0.39, 0.29) is 29.2 Å². The van der Waals surface area contributed by atoms with Gasteiger partial charge in [-0.2, -0.15) is 0 Å². The van der Waals surface area contributed by atoms with Crippen molar-refractivity contribution >= 4 is 27.8 Å². The van der Waals surface area contributed by atoms with Gasteiger partial charge in [-0.3, -0.25) is 0 Å². The summed E-state index contributed by atoms with van der Waals surface area (Å²) in [6.07, 6.45) is 0. The van der Waals surface area contributed by atoms with Crippen LogP contribution in [0.4, 0.5) is 5.95 Å². The monoisotopic (exact) mass is 393 g/mol. The molecule has 1 heterocycles. The van der Waals surface area contributed by atoms with Crippen LogP contribution in [0.5, 0.6) is 5.75 Å². The zero-order valence-electron chi connectivity index (χ0n) is 14.1. The van der Waals surface area contributed by atoms with Gasteiger partial charge in [-0.05, 0) is 30.5 Å². The van der Waals surface area contributed by atoms with Crippen LogP contribution in [0.25, 0.3) is 0 Å². The third-order valence-corrected chi connectivity index (χ3v) is 4.00. The van der Waals surface area contributed by atoms with Crippen molar-refractivity contribution in [2.45, 2.75) is 39.7 Å². The van der Waals surface area contributed by atoms with E-state index in [1.54, 1.807) is 6.92 Å². The fourth-order valence-electron chi connectivity index (χ4n) is 2.40. The highest BCUT2D eigenvalue weighted by Crippen LogP contribution is 2.34. The number of halogens is 1. The molecule has 2 aromatic rings. The van der Waals surface area contributed by atoms with Gasteiger partial charge in [0.1, 0.15) is 17.9 Å². The molecule has 0 bridgehead atoms. The van der Waals surface area contributed by atoms with E-state index in [0.717, 1.165) is 10.0 Å². The highest BCUT2D eigenvalue weighted by Gasteiger charge is 2.21. The van der Waals surface area contributed by atoms with Crippen molar-refractivity contribution in [3.63, 3.8) is 0 Å². The Balaban J connectivity index is 2.38. The predicted octanol–water partition coefficient (Wildman–Crippen LogP) is 3.70. The number of ether oxygens (including phenoxy) is 1. The maximum Gasteiger partial charge on any atom is 0.339 e. The van der Waals surface area contributed by atoms with Crippen LogP contribution >= 0.6 is 15.9 Å². The fraction of sp³-hybridized carbons (Fsp3) is 0.353. The smallest absolute Gasteiger partial charge is 0.339 e. The number of carboxylic acids is 1. The van der Waals surface area contributed by atoms with E-state index in [4.69, 9.17) is 10.5 Å². The SMILES string of the molecule is Cc1nc(N)nc(COc2ccc(Br)cc2C(C)(C)C)c1C(=O)O. The van der Waals surface area contributed by atoms with E-state index in [2.05, 4.69) is 46.7 Å². The molecule has 128 valence electrons. The minimum absolute atomic E-state index is 0.0000935.